The smallest absolute Gasteiger partial charge is 0.261 e. The van der Waals surface area contributed by atoms with Gasteiger partial charge in [0.05, 0.1) is 19.4 Å². The number of carbonyl (C=O) groups excluding carboxylic acids is 1. The van der Waals surface area contributed by atoms with Gasteiger partial charge in [0.1, 0.15) is 11.3 Å². The third kappa shape index (κ3) is 3.06. The summed E-state index contributed by atoms with van der Waals surface area (Å²) in [4.78, 5) is 16.4. The summed E-state index contributed by atoms with van der Waals surface area (Å²) in [6.45, 7) is 2.29. The first-order valence-electron chi connectivity index (χ1n) is 6.28. The Morgan fingerprint density at radius 2 is 2.05 bits per heavy atom. The Kier molecular flexibility index (Phi) is 4.55. The zero-order valence-electron chi connectivity index (χ0n) is 11.4. The second-order valence-corrected chi connectivity index (χ2v) is 3.94. The highest BCUT2D eigenvalue weighted by molar-refractivity contribution is 6.06. The lowest BCUT2D eigenvalue weighted by Gasteiger charge is -2.11. The number of amides is 1. The summed E-state index contributed by atoms with van der Waals surface area (Å²) in [7, 11) is 1.56. The fourth-order valence-corrected chi connectivity index (χ4v) is 1.75. The van der Waals surface area contributed by atoms with Gasteiger partial charge in [-0.25, -0.2) is 4.98 Å². The van der Waals surface area contributed by atoms with Crippen molar-refractivity contribution in [3.8, 4) is 11.6 Å². The molecule has 5 nitrogen and oxygen atoms in total. The van der Waals surface area contributed by atoms with Gasteiger partial charge >= 0.3 is 0 Å². The van der Waals surface area contributed by atoms with Gasteiger partial charge < -0.3 is 14.8 Å². The van der Waals surface area contributed by atoms with E-state index in [4.69, 9.17) is 9.47 Å². The van der Waals surface area contributed by atoms with Crippen LogP contribution in [0.2, 0.25) is 0 Å². The van der Waals surface area contributed by atoms with E-state index in [1.807, 2.05) is 19.1 Å². The van der Waals surface area contributed by atoms with E-state index < -0.39 is 0 Å². The second kappa shape index (κ2) is 6.56. The van der Waals surface area contributed by atoms with Crippen molar-refractivity contribution in [3.63, 3.8) is 0 Å². The van der Waals surface area contributed by atoms with Gasteiger partial charge in [0.15, 0.2) is 0 Å². The van der Waals surface area contributed by atoms with E-state index in [2.05, 4.69) is 10.3 Å². The third-order valence-corrected chi connectivity index (χ3v) is 2.65. The van der Waals surface area contributed by atoms with Gasteiger partial charge in [-0.3, -0.25) is 4.79 Å². The first kappa shape index (κ1) is 13.9. The molecule has 0 aliphatic heterocycles. The number of hydrogen-bond acceptors (Lipinski definition) is 4. The lowest BCUT2D eigenvalue weighted by atomic mass is 10.2. The molecular formula is C15H16N2O3. The van der Waals surface area contributed by atoms with Crippen molar-refractivity contribution in [1.82, 2.24) is 4.98 Å². The highest BCUT2D eigenvalue weighted by Crippen LogP contribution is 2.24. The number of aromatic nitrogens is 1. The number of benzene rings is 1. The van der Waals surface area contributed by atoms with Crippen molar-refractivity contribution in [2.45, 2.75) is 6.92 Å². The molecule has 0 radical (unpaired) electrons. The molecule has 0 aliphatic rings. The number of hydrogen-bond donors (Lipinski definition) is 1. The molecule has 0 aliphatic carbocycles. The molecule has 20 heavy (non-hydrogen) atoms. The molecule has 0 saturated heterocycles. The quantitative estimate of drug-likeness (QED) is 0.909. The average molecular weight is 272 g/mol. The summed E-state index contributed by atoms with van der Waals surface area (Å²) in [6.07, 6.45) is 1.59. The molecule has 2 aromatic rings. The Bertz CT molecular complexity index is 599. The monoisotopic (exact) mass is 272 g/mol. The number of rotatable bonds is 5. The maximum atomic E-state index is 12.3. The predicted molar refractivity (Wildman–Crippen MR) is 76.4 cm³/mol. The van der Waals surface area contributed by atoms with Gasteiger partial charge in [0.2, 0.25) is 5.88 Å². The van der Waals surface area contributed by atoms with Crippen LogP contribution in [0.4, 0.5) is 5.69 Å². The lowest BCUT2D eigenvalue weighted by Crippen LogP contribution is -2.14. The Balaban J connectivity index is 2.24. The van der Waals surface area contributed by atoms with Gasteiger partial charge in [0, 0.05) is 6.20 Å². The van der Waals surface area contributed by atoms with Gasteiger partial charge in [0.25, 0.3) is 5.91 Å². The van der Waals surface area contributed by atoms with Crippen molar-refractivity contribution in [1.29, 1.82) is 0 Å². The number of para-hydroxylation sites is 2. The summed E-state index contributed by atoms with van der Waals surface area (Å²) < 4.78 is 10.5. The van der Waals surface area contributed by atoms with Gasteiger partial charge in [-0.2, -0.15) is 0 Å². The van der Waals surface area contributed by atoms with E-state index in [-0.39, 0.29) is 5.91 Å². The van der Waals surface area contributed by atoms with Gasteiger partial charge in [-0.1, -0.05) is 12.1 Å². The molecule has 1 N–H and O–H groups in total. The van der Waals surface area contributed by atoms with Crippen LogP contribution < -0.4 is 14.8 Å². The van der Waals surface area contributed by atoms with Gasteiger partial charge in [-0.05, 0) is 31.2 Å². The van der Waals surface area contributed by atoms with Crippen molar-refractivity contribution in [3.05, 3.63) is 48.2 Å². The molecule has 0 atom stereocenters. The van der Waals surface area contributed by atoms with E-state index in [0.29, 0.717) is 29.5 Å². The van der Waals surface area contributed by atoms with Crippen LogP contribution in [0.3, 0.4) is 0 Å². The number of methoxy groups -OCH3 is 1. The van der Waals surface area contributed by atoms with E-state index in [9.17, 15) is 4.79 Å². The van der Waals surface area contributed by atoms with Crippen molar-refractivity contribution in [2.24, 2.45) is 0 Å². The molecule has 0 unspecified atom stereocenters. The number of carbonyl (C=O) groups is 1. The van der Waals surface area contributed by atoms with Crippen LogP contribution in [0.15, 0.2) is 42.6 Å². The topological polar surface area (TPSA) is 60.5 Å². The first-order chi connectivity index (χ1) is 9.76. The van der Waals surface area contributed by atoms with Gasteiger partial charge in [-0.15, -0.1) is 0 Å². The summed E-state index contributed by atoms with van der Waals surface area (Å²) in [5, 5.41) is 2.79. The largest absolute Gasteiger partial charge is 0.495 e. The van der Waals surface area contributed by atoms with Crippen LogP contribution in [-0.2, 0) is 0 Å². The van der Waals surface area contributed by atoms with Crippen LogP contribution in [0.25, 0.3) is 0 Å². The Hall–Kier alpha value is -2.56. The van der Waals surface area contributed by atoms with E-state index in [1.165, 1.54) is 0 Å². The first-order valence-corrected chi connectivity index (χ1v) is 6.28. The summed E-state index contributed by atoms with van der Waals surface area (Å²) >= 11 is 0. The molecule has 1 aromatic carbocycles. The fourth-order valence-electron chi connectivity index (χ4n) is 1.75. The minimum atomic E-state index is -0.286. The molecule has 5 heteroatoms. The minimum absolute atomic E-state index is 0.286. The fraction of sp³-hybridized carbons (Fsp3) is 0.200. The molecule has 1 amide bonds. The summed E-state index contributed by atoms with van der Waals surface area (Å²) in [5.74, 6) is 0.635. The van der Waals surface area contributed by atoms with Crippen LogP contribution in [0.5, 0.6) is 11.6 Å². The molecule has 0 spiro atoms. The lowest BCUT2D eigenvalue weighted by molar-refractivity contribution is 0.102. The number of pyridine rings is 1. The van der Waals surface area contributed by atoms with E-state index in [0.717, 1.165) is 0 Å². The maximum Gasteiger partial charge on any atom is 0.261 e. The summed E-state index contributed by atoms with van der Waals surface area (Å²) in [6, 6.07) is 10.6. The van der Waals surface area contributed by atoms with Crippen LogP contribution in [-0.4, -0.2) is 24.6 Å². The molecule has 0 fully saturated rings. The zero-order chi connectivity index (χ0) is 14.4. The number of anilines is 1. The molecule has 0 bridgehead atoms. The van der Waals surface area contributed by atoms with Crippen LogP contribution in [0, 0.1) is 0 Å². The third-order valence-electron chi connectivity index (χ3n) is 2.65. The minimum Gasteiger partial charge on any atom is -0.495 e. The number of nitrogens with zero attached hydrogens (tertiary/aromatic N) is 1. The molecule has 0 saturated carbocycles. The Morgan fingerprint density at radius 1 is 1.25 bits per heavy atom. The summed E-state index contributed by atoms with van der Waals surface area (Å²) in [5.41, 5.74) is 0.992. The van der Waals surface area contributed by atoms with Crippen molar-refractivity contribution in [2.75, 3.05) is 19.0 Å². The Labute approximate surface area is 117 Å². The van der Waals surface area contributed by atoms with E-state index in [1.54, 1.807) is 37.6 Å². The van der Waals surface area contributed by atoms with Crippen molar-refractivity contribution >= 4 is 11.6 Å². The van der Waals surface area contributed by atoms with Crippen LogP contribution >= 0.6 is 0 Å². The molecule has 2 rings (SSSR count). The number of ether oxygens (including phenoxy) is 2. The Morgan fingerprint density at radius 3 is 2.80 bits per heavy atom. The van der Waals surface area contributed by atoms with Crippen molar-refractivity contribution < 1.29 is 14.3 Å². The number of nitrogens with one attached hydrogen (secondary N) is 1. The molecular weight excluding hydrogens is 256 g/mol. The average Bonchev–Trinajstić information content (AvgIpc) is 2.48. The highest BCUT2D eigenvalue weighted by Gasteiger charge is 2.14. The molecule has 1 aromatic heterocycles. The maximum absolute atomic E-state index is 12.3. The highest BCUT2D eigenvalue weighted by atomic mass is 16.5. The van der Waals surface area contributed by atoms with E-state index >= 15 is 0 Å². The molecule has 1 heterocycles. The zero-order valence-corrected chi connectivity index (χ0v) is 11.4. The predicted octanol–water partition coefficient (Wildman–Crippen LogP) is 2.74. The standard InChI is InChI=1S/C15H16N2O3/c1-3-20-15-11(7-6-10-16-15)14(18)17-12-8-4-5-9-13(12)19-2/h4-10H,3H2,1-2H3,(H,17,18). The SMILES string of the molecule is CCOc1ncccc1C(=O)Nc1ccccc1OC. The molecule has 104 valence electrons. The van der Waals surface area contributed by atoms with Crippen LogP contribution in [0.1, 0.15) is 17.3 Å². The second-order valence-electron chi connectivity index (χ2n) is 3.94. The normalized spacial score (nSPS) is 9.90.